The minimum atomic E-state index is 0.0858. The standard InChI is InChI=1S/C15H23N3OS/c1-17-7-9-18(10-8-17)16-15(19)14-11-12-5-3-2-4-6-13(12)20-14/h11H,2-10H2,1H3,(H,16,19)/p+1. The van der Waals surface area contributed by atoms with Crippen LogP contribution in [0.25, 0.3) is 0 Å². The molecule has 0 saturated carbocycles. The molecule has 0 radical (unpaired) electrons. The average Bonchev–Trinajstić information content (AvgIpc) is 2.73. The molecule has 2 heterocycles. The van der Waals surface area contributed by atoms with Crippen LogP contribution in [0.1, 0.15) is 39.4 Å². The molecule has 0 bridgehead atoms. The molecule has 1 fully saturated rings. The number of hydrogen-bond acceptors (Lipinski definition) is 3. The van der Waals surface area contributed by atoms with Crippen molar-refractivity contribution in [3.05, 3.63) is 21.4 Å². The molecule has 2 N–H and O–H groups in total. The fourth-order valence-electron chi connectivity index (χ4n) is 2.98. The molecule has 1 saturated heterocycles. The summed E-state index contributed by atoms with van der Waals surface area (Å²) in [5.74, 6) is 0.0858. The maximum absolute atomic E-state index is 12.3. The lowest BCUT2D eigenvalue weighted by molar-refractivity contribution is -0.884. The number of nitrogens with zero attached hydrogens (tertiary/aromatic N) is 1. The number of hydrogen-bond donors (Lipinski definition) is 2. The number of carbonyl (C=O) groups is 1. The third-order valence-corrected chi connectivity index (χ3v) is 5.58. The van der Waals surface area contributed by atoms with Crippen LogP contribution in [0.5, 0.6) is 0 Å². The highest BCUT2D eigenvalue weighted by molar-refractivity contribution is 7.14. The van der Waals surface area contributed by atoms with Crippen molar-refractivity contribution in [3.63, 3.8) is 0 Å². The number of carbonyl (C=O) groups excluding carboxylic acids is 1. The summed E-state index contributed by atoms with van der Waals surface area (Å²) < 4.78 is 0. The van der Waals surface area contributed by atoms with Gasteiger partial charge in [0.1, 0.15) is 0 Å². The zero-order valence-electron chi connectivity index (χ0n) is 12.2. The average molecular weight is 294 g/mol. The van der Waals surface area contributed by atoms with Crippen molar-refractivity contribution in [2.24, 2.45) is 0 Å². The zero-order chi connectivity index (χ0) is 13.9. The number of aryl methyl sites for hydroxylation is 2. The van der Waals surface area contributed by atoms with E-state index in [1.165, 1.54) is 29.7 Å². The van der Waals surface area contributed by atoms with Gasteiger partial charge in [-0.05, 0) is 37.3 Å². The van der Waals surface area contributed by atoms with Gasteiger partial charge in [-0.15, -0.1) is 11.3 Å². The predicted octanol–water partition coefficient (Wildman–Crippen LogP) is 0.492. The van der Waals surface area contributed by atoms with Crippen LogP contribution in [0.3, 0.4) is 0 Å². The van der Waals surface area contributed by atoms with Crippen molar-refractivity contribution in [1.29, 1.82) is 0 Å². The van der Waals surface area contributed by atoms with Gasteiger partial charge in [0.15, 0.2) is 0 Å². The second-order valence-electron chi connectivity index (χ2n) is 6.00. The first-order valence-corrected chi connectivity index (χ1v) is 8.53. The Morgan fingerprint density at radius 2 is 2.00 bits per heavy atom. The Bertz CT molecular complexity index is 454. The molecule has 1 aromatic rings. The van der Waals surface area contributed by atoms with Crippen molar-refractivity contribution in [1.82, 2.24) is 10.4 Å². The Kier molecular flexibility index (Phi) is 4.38. The van der Waals surface area contributed by atoms with E-state index in [0.717, 1.165) is 43.9 Å². The van der Waals surface area contributed by atoms with Crippen molar-refractivity contribution in [2.45, 2.75) is 32.1 Å². The van der Waals surface area contributed by atoms with Crippen LogP contribution >= 0.6 is 11.3 Å². The lowest BCUT2D eigenvalue weighted by Crippen LogP contribution is -3.12. The van der Waals surface area contributed by atoms with Crippen LogP contribution in [-0.4, -0.2) is 44.1 Å². The molecule has 1 aliphatic carbocycles. The molecular weight excluding hydrogens is 270 g/mol. The van der Waals surface area contributed by atoms with Gasteiger partial charge in [-0.2, -0.15) is 0 Å². The summed E-state index contributed by atoms with van der Waals surface area (Å²) in [4.78, 5) is 16.2. The van der Waals surface area contributed by atoms with Gasteiger partial charge in [0.25, 0.3) is 5.91 Å². The van der Waals surface area contributed by atoms with Gasteiger partial charge in [-0.25, -0.2) is 5.01 Å². The molecule has 0 atom stereocenters. The van der Waals surface area contributed by atoms with Crippen LogP contribution in [-0.2, 0) is 12.8 Å². The van der Waals surface area contributed by atoms with E-state index < -0.39 is 0 Å². The second-order valence-corrected chi connectivity index (χ2v) is 7.14. The van der Waals surface area contributed by atoms with Gasteiger partial charge in [0.2, 0.25) is 0 Å². The van der Waals surface area contributed by atoms with Gasteiger partial charge < -0.3 is 4.90 Å². The maximum Gasteiger partial charge on any atom is 0.275 e. The molecule has 0 spiro atoms. The number of likely N-dealkylation sites (N-methyl/N-ethyl adjacent to an activating group) is 1. The van der Waals surface area contributed by atoms with E-state index in [-0.39, 0.29) is 5.91 Å². The Morgan fingerprint density at radius 1 is 1.25 bits per heavy atom. The first kappa shape index (κ1) is 14.0. The quantitative estimate of drug-likeness (QED) is 0.779. The van der Waals surface area contributed by atoms with Crippen LogP contribution in [0.15, 0.2) is 6.07 Å². The molecule has 0 aromatic carbocycles. The summed E-state index contributed by atoms with van der Waals surface area (Å²) in [7, 11) is 2.20. The number of fused-ring (bicyclic) bond motifs is 1. The molecule has 2 aliphatic rings. The maximum atomic E-state index is 12.3. The lowest BCUT2D eigenvalue weighted by atomic mass is 10.1. The van der Waals surface area contributed by atoms with Gasteiger partial charge >= 0.3 is 0 Å². The number of rotatable bonds is 2. The number of piperazine rings is 1. The fraction of sp³-hybridized carbons (Fsp3) is 0.667. The van der Waals surface area contributed by atoms with E-state index in [2.05, 4.69) is 23.5 Å². The molecule has 0 unspecified atom stereocenters. The summed E-state index contributed by atoms with van der Waals surface area (Å²) in [5.41, 5.74) is 4.49. The molecule has 1 aliphatic heterocycles. The van der Waals surface area contributed by atoms with E-state index in [4.69, 9.17) is 0 Å². The predicted molar refractivity (Wildman–Crippen MR) is 81.2 cm³/mol. The van der Waals surface area contributed by atoms with Gasteiger partial charge in [-0.3, -0.25) is 10.2 Å². The summed E-state index contributed by atoms with van der Waals surface area (Å²) >= 11 is 1.70. The SMILES string of the molecule is C[NH+]1CCN(NC(=O)c2cc3c(s2)CCCCC3)CC1. The third-order valence-electron chi connectivity index (χ3n) is 4.35. The Hall–Kier alpha value is -0.910. The number of thiophene rings is 1. The molecule has 3 rings (SSSR count). The Morgan fingerprint density at radius 3 is 2.80 bits per heavy atom. The molecule has 1 aromatic heterocycles. The minimum Gasteiger partial charge on any atom is -0.335 e. The second kappa shape index (κ2) is 6.24. The topological polar surface area (TPSA) is 36.8 Å². The van der Waals surface area contributed by atoms with E-state index in [0.29, 0.717) is 0 Å². The Balaban J connectivity index is 1.62. The molecule has 110 valence electrons. The molecular formula is C15H24N3OS+. The van der Waals surface area contributed by atoms with Gasteiger partial charge in [-0.1, -0.05) is 6.42 Å². The van der Waals surface area contributed by atoms with Crippen molar-refractivity contribution in [3.8, 4) is 0 Å². The molecule has 20 heavy (non-hydrogen) atoms. The first-order chi connectivity index (χ1) is 9.72. The largest absolute Gasteiger partial charge is 0.335 e. The van der Waals surface area contributed by atoms with Crippen LogP contribution in [0, 0.1) is 0 Å². The third kappa shape index (κ3) is 3.22. The van der Waals surface area contributed by atoms with E-state index in [9.17, 15) is 4.79 Å². The highest BCUT2D eigenvalue weighted by Gasteiger charge is 2.21. The summed E-state index contributed by atoms with van der Waals surface area (Å²) in [5, 5.41) is 2.07. The van der Waals surface area contributed by atoms with Crippen molar-refractivity contribution >= 4 is 17.2 Å². The molecule has 5 heteroatoms. The highest BCUT2D eigenvalue weighted by atomic mass is 32.1. The van der Waals surface area contributed by atoms with Crippen LogP contribution in [0.4, 0.5) is 0 Å². The lowest BCUT2D eigenvalue weighted by Gasteiger charge is -2.29. The molecule has 1 amide bonds. The van der Waals surface area contributed by atoms with Crippen LogP contribution in [0.2, 0.25) is 0 Å². The fourth-order valence-corrected chi connectivity index (χ4v) is 4.12. The van der Waals surface area contributed by atoms with Gasteiger partial charge in [0, 0.05) is 4.88 Å². The smallest absolute Gasteiger partial charge is 0.275 e. The van der Waals surface area contributed by atoms with E-state index in [1.807, 2.05) is 0 Å². The van der Waals surface area contributed by atoms with E-state index in [1.54, 1.807) is 16.2 Å². The normalized spacial score (nSPS) is 21.2. The monoisotopic (exact) mass is 294 g/mol. The van der Waals surface area contributed by atoms with Gasteiger partial charge in [0.05, 0.1) is 38.1 Å². The highest BCUT2D eigenvalue weighted by Crippen LogP contribution is 2.28. The summed E-state index contributed by atoms with van der Waals surface area (Å²) in [6.45, 7) is 4.09. The number of amides is 1. The van der Waals surface area contributed by atoms with Crippen molar-refractivity contribution < 1.29 is 9.69 Å². The summed E-state index contributed by atoms with van der Waals surface area (Å²) in [6, 6.07) is 2.13. The summed E-state index contributed by atoms with van der Waals surface area (Å²) in [6.07, 6.45) is 6.18. The van der Waals surface area contributed by atoms with Crippen molar-refractivity contribution in [2.75, 3.05) is 33.2 Å². The minimum absolute atomic E-state index is 0.0858. The first-order valence-electron chi connectivity index (χ1n) is 7.71. The van der Waals surface area contributed by atoms with Crippen LogP contribution < -0.4 is 10.3 Å². The van der Waals surface area contributed by atoms with E-state index >= 15 is 0 Å². The molecule has 4 nitrogen and oxygen atoms in total. The number of quaternary nitrogens is 1. The zero-order valence-corrected chi connectivity index (χ0v) is 13.0. The number of hydrazine groups is 1. The Labute approximate surface area is 124 Å². The number of nitrogens with one attached hydrogen (secondary N) is 2.